The van der Waals surface area contributed by atoms with Crippen LogP contribution in [0.15, 0.2) is 23.4 Å². The first-order valence-electron chi connectivity index (χ1n) is 3.16. The van der Waals surface area contributed by atoms with E-state index in [-0.39, 0.29) is 0 Å². The second-order valence-corrected chi connectivity index (χ2v) is 3.16. The van der Waals surface area contributed by atoms with Crippen LogP contribution in [0, 0.1) is 0 Å². The lowest BCUT2D eigenvalue weighted by molar-refractivity contribution is 0.329. The number of ether oxygens (including phenoxy) is 1. The molecule has 0 radical (unpaired) electrons. The first kappa shape index (κ1) is 6.04. The van der Waals surface area contributed by atoms with Gasteiger partial charge in [0.2, 0.25) is 0 Å². The predicted molar refractivity (Wildman–Crippen MR) is 40.5 cm³/mol. The number of nitrogens with zero attached hydrogens (tertiary/aromatic N) is 1. The summed E-state index contributed by atoms with van der Waals surface area (Å²) in [5, 5.41) is 0. The third-order valence-corrected chi connectivity index (χ3v) is 2.33. The second-order valence-electron chi connectivity index (χ2n) is 2.02. The summed E-state index contributed by atoms with van der Waals surface area (Å²) in [6.07, 6.45) is 3.60. The Morgan fingerprint density at radius 3 is 3.50 bits per heavy atom. The van der Waals surface area contributed by atoms with Gasteiger partial charge in [-0.1, -0.05) is 0 Å². The molecule has 0 amide bonds. The summed E-state index contributed by atoms with van der Waals surface area (Å²) >= 11 is 1.80. The minimum absolute atomic E-state index is 0.821. The van der Waals surface area contributed by atoms with E-state index >= 15 is 0 Å². The van der Waals surface area contributed by atoms with Crippen LogP contribution >= 0.6 is 11.8 Å². The average Bonchev–Trinajstić information content (AvgIpc) is 2.05. The van der Waals surface area contributed by atoms with Crippen LogP contribution in [-0.4, -0.2) is 17.3 Å². The van der Waals surface area contributed by atoms with E-state index < -0.39 is 0 Å². The van der Waals surface area contributed by atoms with Gasteiger partial charge in [-0.3, -0.25) is 4.98 Å². The highest BCUT2D eigenvalue weighted by Gasteiger charge is 2.08. The topological polar surface area (TPSA) is 22.1 Å². The zero-order valence-corrected chi connectivity index (χ0v) is 6.23. The molecule has 0 fully saturated rings. The Balaban J connectivity index is 2.41. The molecule has 2 heterocycles. The number of fused-ring (bicyclic) bond motifs is 1. The van der Waals surface area contributed by atoms with Crippen LogP contribution in [0.25, 0.3) is 0 Å². The summed E-state index contributed by atoms with van der Waals surface area (Å²) in [5.74, 6) is 2.02. The minimum Gasteiger partial charge on any atom is -0.491 e. The number of thioether (sulfide) groups is 1. The fourth-order valence-corrected chi connectivity index (χ4v) is 1.69. The summed E-state index contributed by atoms with van der Waals surface area (Å²) in [4.78, 5) is 5.16. The van der Waals surface area contributed by atoms with Crippen molar-refractivity contribution in [3.63, 3.8) is 0 Å². The molecular formula is C7H7NOS. The largest absolute Gasteiger partial charge is 0.491 e. The van der Waals surface area contributed by atoms with Gasteiger partial charge in [0.25, 0.3) is 0 Å². The van der Waals surface area contributed by atoms with Gasteiger partial charge in [-0.25, -0.2) is 0 Å². The number of pyridine rings is 1. The number of hydrogen-bond acceptors (Lipinski definition) is 3. The van der Waals surface area contributed by atoms with Gasteiger partial charge in [-0.15, -0.1) is 11.8 Å². The van der Waals surface area contributed by atoms with Crippen molar-refractivity contribution >= 4 is 11.8 Å². The van der Waals surface area contributed by atoms with Gasteiger partial charge in [0, 0.05) is 18.1 Å². The molecule has 0 aliphatic carbocycles. The molecule has 0 saturated heterocycles. The lowest BCUT2D eigenvalue weighted by atomic mass is 10.4. The molecule has 52 valence electrons. The van der Waals surface area contributed by atoms with Crippen LogP contribution in [0.3, 0.4) is 0 Å². The maximum absolute atomic E-state index is 5.36. The SMILES string of the molecule is c1cc2c(cn1)SCCO2. The van der Waals surface area contributed by atoms with Gasteiger partial charge in [0.1, 0.15) is 5.75 Å². The van der Waals surface area contributed by atoms with E-state index in [9.17, 15) is 0 Å². The summed E-state index contributed by atoms with van der Waals surface area (Å²) in [5.41, 5.74) is 0. The van der Waals surface area contributed by atoms with E-state index in [1.807, 2.05) is 12.3 Å². The third-order valence-electron chi connectivity index (χ3n) is 1.35. The highest BCUT2D eigenvalue weighted by atomic mass is 32.2. The van der Waals surface area contributed by atoms with Crippen molar-refractivity contribution in [2.45, 2.75) is 4.90 Å². The quantitative estimate of drug-likeness (QED) is 0.564. The van der Waals surface area contributed by atoms with Gasteiger partial charge >= 0.3 is 0 Å². The van der Waals surface area contributed by atoms with Crippen molar-refractivity contribution in [1.82, 2.24) is 4.98 Å². The van der Waals surface area contributed by atoms with Crippen LogP contribution < -0.4 is 4.74 Å². The smallest absolute Gasteiger partial charge is 0.135 e. The fourth-order valence-electron chi connectivity index (χ4n) is 0.898. The fraction of sp³-hybridized carbons (Fsp3) is 0.286. The molecule has 0 aromatic carbocycles. The highest BCUT2D eigenvalue weighted by molar-refractivity contribution is 7.99. The second kappa shape index (κ2) is 2.50. The number of aromatic nitrogens is 1. The zero-order valence-electron chi connectivity index (χ0n) is 5.41. The van der Waals surface area contributed by atoms with Gasteiger partial charge in [-0.2, -0.15) is 0 Å². The lowest BCUT2D eigenvalue weighted by Crippen LogP contribution is -2.06. The van der Waals surface area contributed by atoms with Crippen molar-refractivity contribution in [3.8, 4) is 5.75 Å². The van der Waals surface area contributed by atoms with E-state index in [1.165, 1.54) is 0 Å². The molecule has 1 aliphatic rings. The predicted octanol–water partition coefficient (Wildman–Crippen LogP) is 1.57. The van der Waals surface area contributed by atoms with Gasteiger partial charge in [-0.05, 0) is 6.07 Å². The Kier molecular flexibility index (Phi) is 1.51. The van der Waals surface area contributed by atoms with Crippen LogP contribution in [0.2, 0.25) is 0 Å². The molecular weight excluding hydrogens is 146 g/mol. The molecule has 0 unspecified atom stereocenters. The summed E-state index contributed by atoms with van der Waals surface area (Å²) < 4.78 is 5.36. The highest BCUT2D eigenvalue weighted by Crippen LogP contribution is 2.31. The van der Waals surface area contributed by atoms with E-state index in [0.29, 0.717) is 0 Å². The Bertz CT molecular complexity index is 214. The van der Waals surface area contributed by atoms with E-state index in [0.717, 1.165) is 23.0 Å². The molecule has 0 saturated carbocycles. The van der Waals surface area contributed by atoms with Crippen LogP contribution in [0.4, 0.5) is 0 Å². The normalized spacial score (nSPS) is 15.6. The summed E-state index contributed by atoms with van der Waals surface area (Å²) in [7, 11) is 0. The molecule has 2 rings (SSSR count). The number of rotatable bonds is 0. The molecule has 2 nitrogen and oxygen atoms in total. The van der Waals surface area contributed by atoms with E-state index in [2.05, 4.69) is 4.98 Å². The van der Waals surface area contributed by atoms with Crippen molar-refractivity contribution in [2.75, 3.05) is 12.4 Å². The molecule has 0 N–H and O–H groups in total. The summed E-state index contributed by atoms with van der Waals surface area (Å²) in [6, 6.07) is 1.90. The first-order valence-corrected chi connectivity index (χ1v) is 4.15. The van der Waals surface area contributed by atoms with Crippen molar-refractivity contribution in [2.24, 2.45) is 0 Å². The number of hydrogen-bond donors (Lipinski definition) is 0. The maximum Gasteiger partial charge on any atom is 0.135 e. The Morgan fingerprint density at radius 2 is 2.60 bits per heavy atom. The van der Waals surface area contributed by atoms with Crippen molar-refractivity contribution in [1.29, 1.82) is 0 Å². The van der Waals surface area contributed by atoms with Crippen LogP contribution in [0.5, 0.6) is 5.75 Å². The average molecular weight is 153 g/mol. The zero-order chi connectivity index (χ0) is 6.81. The Morgan fingerprint density at radius 1 is 1.60 bits per heavy atom. The van der Waals surface area contributed by atoms with Gasteiger partial charge < -0.3 is 4.74 Å². The maximum atomic E-state index is 5.36. The molecule has 0 bridgehead atoms. The molecule has 10 heavy (non-hydrogen) atoms. The first-order chi connectivity index (χ1) is 4.97. The van der Waals surface area contributed by atoms with Crippen molar-refractivity contribution < 1.29 is 4.74 Å². The molecule has 1 aromatic heterocycles. The summed E-state index contributed by atoms with van der Waals surface area (Å²) in [6.45, 7) is 0.821. The standard InChI is InChI=1S/C7H7NOS/c1-2-8-5-7-6(1)9-3-4-10-7/h1-2,5H,3-4H2. The van der Waals surface area contributed by atoms with Crippen LogP contribution in [0.1, 0.15) is 0 Å². The monoisotopic (exact) mass is 153 g/mol. The molecule has 0 spiro atoms. The molecule has 1 aromatic rings. The minimum atomic E-state index is 0.821. The van der Waals surface area contributed by atoms with Crippen molar-refractivity contribution in [3.05, 3.63) is 18.5 Å². The van der Waals surface area contributed by atoms with E-state index in [4.69, 9.17) is 4.74 Å². The van der Waals surface area contributed by atoms with E-state index in [1.54, 1.807) is 18.0 Å². The molecule has 3 heteroatoms. The van der Waals surface area contributed by atoms with Gasteiger partial charge in [0.15, 0.2) is 0 Å². The van der Waals surface area contributed by atoms with Gasteiger partial charge in [0.05, 0.1) is 11.5 Å². The van der Waals surface area contributed by atoms with Crippen LogP contribution in [-0.2, 0) is 0 Å². The molecule has 0 atom stereocenters. The Labute approximate surface area is 63.6 Å². The lowest BCUT2D eigenvalue weighted by Gasteiger charge is -2.14. The Hall–Kier alpha value is -0.700. The molecule has 1 aliphatic heterocycles. The third kappa shape index (κ3) is 0.968.